The van der Waals surface area contributed by atoms with Crippen molar-refractivity contribution in [3.05, 3.63) is 28.8 Å². The van der Waals surface area contributed by atoms with E-state index in [-0.39, 0.29) is 6.61 Å². The molecule has 2 rings (SSSR count). The maximum Gasteiger partial charge on any atom is 0.334 e. The third kappa shape index (κ3) is 4.71. The highest BCUT2D eigenvalue weighted by molar-refractivity contribution is 7.84. The monoisotopic (exact) mass is 412 g/mol. The van der Waals surface area contributed by atoms with Crippen molar-refractivity contribution < 1.29 is 26.9 Å². The van der Waals surface area contributed by atoms with Gasteiger partial charge in [0.1, 0.15) is 6.04 Å². The Bertz CT molecular complexity index is 852. The van der Waals surface area contributed by atoms with Crippen LogP contribution in [0.5, 0.6) is 0 Å². The number of hydrogen-bond donors (Lipinski definition) is 1. The Labute approximate surface area is 166 Å². The van der Waals surface area contributed by atoms with Gasteiger partial charge in [0.15, 0.2) is 6.10 Å². The molecule has 156 valence electrons. The van der Waals surface area contributed by atoms with Gasteiger partial charge >= 0.3 is 16.3 Å². The van der Waals surface area contributed by atoms with E-state index in [2.05, 4.69) is 0 Å². The molecule has 0 saturated carbocycles. The number of cyclic esters (lactones) is 1. The first-order chi connectivity index (χ1) is 13.1. The average molecular weight is 413 g/mol. The predicted molar refractivity (Wildman–Crippen MR) is 105 cm³/mol. The van der Waals surface area contributed by atoms with Crippen molar-refractivity contribution in [2.45, 2.75) is 65.5 Å². The van der Waals surface area contributed by atoms with E-state index in [4.69, 9.17) is 14.1 Å². The van der Waals surface area contributed by atoms with Crippen LogP contribution in [0, 0.1) is 0 Å². The van der Waals surface area contributed by atoms with Gasteiger partial charge in [-0.15, -0.1) is 0 Å². The van der Waals surface area contributed by atoms with E-state index >= 15 is 0 Å². The second-order valence-corrected chi connectivity index (χ2v) is 7.86. The van der Waals surface area contributed by atoms with Crippen LogP contribution in [0.2, 0.25) is 0 Å². The smallest absolute Gasteiger partial charge is 0.334 e. The van der Waals surface area contributed by atoms with Crippen LogP contribution in [0.25, 0.3) is 0 Å². The van der Waals surface area contributed by atoms with E-state index in [0.29, 0.717) is 24.9 Å². The number of amides is 1. The molecule has 8 nitrogen and oxygen atoms in total. The lowest BCUT2D eigenvalue weighted by molar-refractivity contribution is -0.140. The molecule has 0 bridgehead atoms. The third-order valence-corrected chi connectivity index (χ3v) is 5.46. The lowest BCUT2D eigenvalue weighted by Gasteiger charge is -2.33. The molecule has 1 heterocycles. The maximum absolute atomic E-state index is 13.3. The Hall–Kier alpha value is -1.97. The van der Waals surface area contributed by atoms with Crippen molar-refractivity contribution in [1.29, 1.82) is 0 Å². The number of ether oxygens (including phenoxy) is 1. The molecule has 1 aromatic carbocycles. The fraction of sp³-hybridized carbons (Fsp3) is 0.579. The van der Waals surface area contributed by atoms with Crippen LogP contribution in [-0.2, 0) is 48.1 Å². The highest BCUT2D eigenvalue weighted by atomic mass is 32.2. The minimum Gasteiger partial charge on any atom is -0.464 e. The standard InChI is InChI=1S/C19H28N2O6S/c1-5-13-8-9-14(6-2)17(15(13)7-3)21(16-10-11-26-19(16)23)18(22)12(4)27-28(20,24)25/h8-9,12,16H,5-7,10-11H2,1-4H3,(H2,20,24,25). The van der Waals surface area contributed by atoms with Gasteiger partial charge in [0.2, 0.25) is 0 Å². The van der Waals surface area contributed by atoms with Gasteiger partial charge < -0.3 is 4.74 Å². The van der Waals surface area contributed by atoms with Gasteiger partial charge in [-0.3, -0.25) is 9.69 Å². The quantitative estimate of drug-likeness (QED) is 0.649. The topological polar surface area (TPSA) is 116 Å². The highest BCUT2D eigenvalue weighted by Crippen LogP contribution is 2.34. The summed E-state index contributed by atoms with van der Waals surface area (Å²) in [4.78, 5) is 27.0. The molecular weight excluding hydrogens is 384 g/mol. The summed E-state index contributed by atoms with van der Waals surface area (Å²) < 4.78 is 32.5. The van der Waals surface area contributed by atoms with Gasteiger partial charge in [-0.05, 0) is 42.9 Å². The Morgan fingerprint density at radius 3 is 2.32 bits per heavy atom. The van der Waals surface area contributed by atoms with Gasteiger partial charge in [-0.25, -0.2) is 14.1 Å². The van der Waals surface area contributed by atoms with Crippen molar-refractivity contribution >= 4 is 27.9 Å². The van der Waals surface area contributed by atoms with Gasteiger partial charge in [-0.1, -0.05) is 32.9 Å². The summed E-state index contributed by atoms with van der Waals surface area (Å²) in [5.74, 6) is -1.15. The summed E-state index contributed by atoms with van der Waals surface area (Å²) in [6.45, 7) is 7.47. The first kappa shape index (κ1) is 22.3. The Balaban J connectivity index is 2.66. The van der Waals surface area contributed by atoms with Crippen LogP contribution in [-0.4, -0.2) is 39.0 Å². The maximum atomic E-state index is 13.3. The predicted octanol–water partition coefficient (Wildman–Crippen LogP) is 1.63. The second-order valence-electron chi connectivity index (χ2n) is 6.68. The SMILES string of the molecule is CCc1ccc(CC)c(N(C(=O)C(C)OS(N)(=O)=O)C2CCOC2=O)c1CC. The largest absolute Gasteiger partial charge is 0.464 e. The third-order valence-electron chi connectivity index (χ3n) is 4.90. The molecule has 1 aliphatic rings. The number of benzene rings is 1. The van der Waals surface area contributed by atoms with Crippen LogP contribution in [0.4, 0.5) is 5.69 Å². The van der Waals surface area contributed by atoms with Crippen LogP contribution in [0.3, 0.4) is 0 Å². The van der Waals surface area contributed by atoms with E-state index in [1.807, 2.05) is 32.9 Å². The number of carbonyl (C=O) groups excluding carboxylic acids is 2. The molecule has 1 fully saturated rings. The van der Waals surface area contributed by atoms with Crippen LogP contribution >= 0.6 is 0 Å². The normalized spacial score (nSPS) is 18.0. The summed E-state index contributed by atoms with van der Waals surface area (Å²) in [6.07, 6.45) is 1.02. The molecule has 0 spiro atoms. The Kier molecular flexibility index (Phi) is 7.19. The van der Waals surface area contributed by atoms with E-state index in [0.717, 1.165) is 23.1 Å². The van der Waals surface area contributed by atoms with Gasteiger partial charge in [-0.2, -0.15) is 8.42 Å². The molecule has 28 heavy (non-hydrogen) atoms. The zero-order chi connectivity index (χ0) is 21.1. The summed E-state index contributed by atoms with van der Waals surface area (Å²) in [5, 5.41) is 4.94. The summed E-state index contributed by atoms with van der Waals surface area (Å²) in [6, 6.07) is 3.14. The van der Waals surface area contributed by atoms with Crippen LogP contribution < -0.4 is 10.0 Å². The van der Waals surface area contributed by atoms with E-state index in [9.17, 15) is 18.0 Å². The minimum atomic E-state index is -4.33. The molecule has 0 aromatic heterocycles. The lowest BCUT2D eigenvalue weighted by atomic mass is 9.93. The number of carbonyl (C=O) groups is 2. The van der Waals surface area contributed by atoms with Crippen molar-refractivity contribution in [3.8, 4) is 0 Å². The molecule has 2 atom stereocenters. The fourth-order valence-corrected chi connectivity index (χ4v) is 4.10. The van der Waals surface area contributed by atoms with Crippen molar-refractivity contribution in [2.75, 3.05) is 11.5 Å². The summed E-state index contributed by atoms with van der Waals surface area (Å²) >= 11 is 0. The minimum absolute atomic E-state index is 0.202. The first-order valence-electron chi connectivity index (χ1n) is 9.48. The zero-order valence-corrected chi connectivity index (χ0v) is 17.5. The fourth-order valence-electron chi connectivity index (χ4n) is 3.62. The average Bonchev–Trinajstić information content (AvgIpc) is 3.05. The van der Waals surface area contributed by atoms with Crippen LogP contribution in [0.15, 0.2) is 12.1 Å². The number of aryl methyl sites for hydroxylation is 2. The Morgan fingerprint density at radius 1 is 1.25 bits per heavy atom. The molecule has 1 aliphatic heterocycles. The number of hydrogen-bond acceptors (Lipinski definition) is 6. The van der Waals surface area contributed by atoms with Crippen molar-refractivity contribution in [1.82, 2.24) is 0 Å². The molecule has 2 unspecified atom stereocenters. The molecule has 2 N–H and O–H groups in total. The van der Waals surface area contributed by atoms with E-state index in [1.54, 1.807) is 0 Å². The molecule has 1 amide bonds. The molecule has 1 saturated heterocycles. The molecule has 1 aromatic rings. The summed E-state index contributed by atoms with van der Waals surface area (Å²) in [5.41, 5.74) is 3.56. The number of nitrogens with two attached hydrogens (primary N) is 1. The van der Waals surface area contributed by atoms with Gasteiger partial charge in [0, 0.05) is 6.42 Å². The molecule has 0 aliphatic carbocycles. The summed E-state index contributed by atoms with van der Waals surface area (Å²) in [7, 11) is -4.33. The molecule has 0 radical (unpaired) electrons. The van der Waals surface area contributed by atoms with E-state index < -0.39 is 34.3 Å². The molecule has 9 heteroatoms. The zero-order valence-electron chi connectivity index (χ0n) is 16.7. The highest BCUT2D eigenvalue weighted by Gasteiger charge is 2.40. The first-order valence-corrected chi connectivity index (χ1v) is 11.0. The van der Waals surface area contributed by atoms with Crippen molar-refractivity contribution in [2.24, 2.45) is 5.14 Å². The number of nitrogens with zero attached hydrogens (tertiary/aromatic N) is 1. The lowest BCUT2D eigenvalue weighted by Crippen LogP contribution is -2.49. The number of esters is 1. The van der Waals surface area contributed by atoms with E-state index in [1.165, 1.54) is 11.8 Å². The number of rotatable bonds is 8. The van der Waals surface area contributed by atoms with Crippen molar-refractivity contribution in [3.63, 3.8) is 0 Å². The molecular formula is C19H28N2O6S. The van der Waals surface area contributed by atoms with Gasteiger partial charge in [0.25, 0.3) is 5.91 Å². The Morgan fingerprint density at radius 2 is 1.86 bits per heavy atom. The van der Waals surface area contributed by atoms with Gasteiger partial charge in [0.05, 0.1) is 12.3 Å². The van der Waals surface area contributed by atoms with Crippen LogP contribution in [0.1, 0.15) is 50.8 Å². The number of anilines is 1. The second kappa shape index (κ2) is 9.02.